The number of H-pyrrole nitrogens is 2. The molecule has 0 saturated heterocycles. The van der Waals surface area contributed by atoms with Crippen LogP contribution >= 0.6 is 11.8 Å². The van der Waals surface area contributed by atoms with Crippen LogP contribution in [0, 0.1) is 0 Å². The van der Waals surface area contributed by atoms with Crippen molar-refractivity contribution in [3.63, 3.8) is 0 Å². The van der Waals surface area contributed by atoms with E-state index in [2.05, 4.69) is 20.2 Å². The summed E-state index contributed by atoms with van der Waals surface area (Å²) in [6, 6.07) is 7.53. The smallest absolute Gasteiger partial charge is 0.332 e. The van der Waals surface area contributed by atoms with Crippen molar-refractivity contribution in [2.75, 3.05) is 17.7 Å². The van der Waals surface area contributed by atoms with Crippen molar-refractivity contribution in [2.24, 2.45) is 0 Å². The number of imidazole rings is 1. The van der Waals surface area contributed by atoms with Gasteiger partial charge in [0.25, 0.3) is 0 Å². The molecule has 1 amide bonds. The van der Waals surface area contributed by atoms with Gasteiger partial charge < -0.3 is 9.88 Å². The molecule has 9 heteroatoms. The number of rotatable bonds is 1. The second-order valence-corrected chi connectivity index (χ2v) is 6.81. The number of carbonyl (C=O) groups excluding carboxylic acids is 1. The average molecular weight is 352 g/mol. The maximum atomic E-state index is 12.6. The third kappa shape index (κ3) is 1.96. The Morgan fingerprint density at radius 1 is 1.16 bits per heavy atom. The second-order valence-electron chi connectivity index (χ2n) is 5.80. The van der Waals surface area contributed by atoms with Gasteiger partial charge in [-0.15, -0.1) is 22.0 Å². The molecule has 1 aromatic carbocycles. The van der Waals surface area contributed by atoms with E-state index in [-0.39, 0.29) is 11.6 Å². The van der Waals surface area contributed by atoms with Crippen LogP contribution in [0.15, 0.2) is 40.2 Å². The summed E-state index contributed by atoms with van der Waals surface area (Å²) in [5.41, 5.74) is 2.87. The molecule has 8 nitrogen and oxygen atoms in total. The van der Waals surface area contributed by atoms with Crippen LogP contribution in [-0.4, -0.2) is 43.4 Å². The van der Waals surface area contributed by atoms with Gasteiger partial charge in [-0.25, -0.2) is 4.79 Å². The number of aromatic amines is 2. The fourth-order valence-corrected chi connectivity index (χ4v) is 4.11. The molecule has 0 unspecified atom stereocenters. The summed E-state index contributed by atoms with van der Waals surface area (Å²) in [5, 5.41) is 8.95. The Labute approximate surface area is 144 Å². The molecule has 1 aliphatic heterocycles. The minimum atomic E-state index is -0.296. The van der Waals surface area contributed by atoms with Crippen LogP contribution in [0.2, 0.25) is 0 Å². The lowest BCUT2D eigenvalue weighted by Crippen LogP contribution is -2.31. The van der Waals surface area contributed by atoms with E-state index in [1.807, 2.05) is 24.3 Å². The molecule has 124 valence electrons. The second kappa shape index (κ2) is 4.96. The van der Waals surface area contributed by atoms with Gasteiger partial charge in [-0.3, -0.25) is 14.3 Å². The van der Waals surface area contributed by atoms with Gasteiger partial charge in [-0.05, 0) is 24.3 Å². The van der Waals surface area contributed by atoms with Gasteiger partial charge in [0.15, 0.2) is 11.3 Å². The summed E-state index contributed by atoms with van der Waals surface area (Å²) in [6.45, 7) is 0. The molecule has 5 rings (SSSR count). The highest BCUT2D eigenvalue weighted by molar-refractivity contribution is 8.00. The van der Waals surface area contributed by atoms with Crippen LogP contribution in [0.4, 0.5) is 5.69 Å². The maximum absolute atomic E-state index is 12.6. The number of nitrogens with one attached hydrogen (secondary N) is 2. The topological polar surface area (TPSA) is 99.7 Å². The molecule has 25 heavy (non-hydrogen) atoms. The molecule has 0 radical (unpaired) electrons. The van der Waals surface area contributed by atoms with Crippen molar-refractivity contribution in [2.45, 2.75) is 4.90 Å². The summed E-state index contributed by atoms with van der Waals surface area (Å²) in [7, 11) is 1.75. The standard InChI is InChI=1S/C16H12N6O2S/c1-21-10-6-8(2-3-11(10)25-7-12(21)23)22-13-9-4-5-17-14(9)19-20-15(13)18-16(22)24/h2-6H,7H2,1H3,(H,17,19)(H,18,20,24). The Hall–Kier alpha value is -3.07. The van der Waals surface area contributed by atoms with Crippen molar-refractivity contribution in [3.05, 3.63) is 40.9 Å². The van der Waals surface area contributed by atoms with E-state index >= 15 is 0 Å². The normalized spacial score (nSPS) is 14.4. The highest BCUT2D eigenvalue weighted by Crippen LogP contribution is 2.36. The molecule has 0 saturated carbocycles. The van der Waals surface area contributed by atoms with Gasteiger partial charge in [-0.1, -0.05) is 0 Å². The van der Waals surface area contributed by atoms with Gasteiger partial charge in [-0.2, -0.15) is 0 Å². The first-order valence-corrected chi connectivity index (χ1v) is 8.60. The van der Waals surface area contributed by atoms with Crippen molar-refractivity contribution in [1.29, 1.82) is 0 Å². The van der Waals surface area contributed by atoms with Gasteiger partial charge >= 0.3 is 5.69 Å². The molecule has 0 fully saturated rings. The Bertz CT molecular complexity index is 1220. The van der Waals surface area contributed by atoms with Gasteiger partial charge in [0.2, 0.25) is 5.91 Å². The third-order valence-electron chi connectivity index (χ3n) is 4.39. The summed E-state index contributed by atoms with van der Waals surface area (Å²) in [6.07, 6.45) is 1.76. The summed E-state index contributed by atoms with van der Waals surface area (Å²) < 4.78 is 1.57. The largest absolute Gasteiger partial charge is 0.345 e. The Morgan fingerprint density at radius 3 is 2.88 bits per heavy atom. The number of amides is 1. The minimum absolute atomic E-state index is 0.0415. The fourth-order valence-electron chi connectivity index (χ4n) is 3.12. The molecule has 3 aromatic heterocycles. The highest BCUT2D eigenvalue weighted by atomic mass is 32.2. The molecule has 0 atom stereocenters. The summed E-state index contributed by atoms with van der Waals surface area (Å²) in [4.78, 5) is 32.9. The lowest BCUT2D eigenvalue weighted by atomic mass is 10.2. The van der Waals surface area contributed by atoms with Crippen LogP contribution in [0.5, 0.6) is 0 Å². The van der Waals surface area contributed by atoms with Gasteiger partial charge in [0.05, 0.1) is 17.1 Å². The Kier molecular flexibility index (Phi) is 2.84. The lowest BCUT2D eigenvalue weighted by Gasteiger charge is -2.25. The van der Waals surface area contributed by atoms with Crippen LogP contribution in [-0.2, 0) is 4.79 Å². The SMILES string of the molecule is CN1C(=O)CSc2ccc(-n3c(=O)[nH]c4nnc5[nH]ccc5c43)cc21. The number of thioether (sulfide) groups is 1. The van der Waals surface area contributed by atoms with Crippen molar-refractivity contribution in [3.8, 4) is 5.69 Å². The molecule has 0 bridgehead atoms. The molecule has 0 aliphatic carbocycles. The number of fused-ring (bicyclic) bond motifs is 4. The summed E-state index contributed by atoms with van der Waals surface area (Å²) >= 11 is 1.50. The number of hydrogen-bond acceptors (Lipinski definition) is 5. The Morgan fingerprint density at radius 2 is 2.00 bits per heavy atom. The zero-order valence-electron chi connectivity index (χ0n) is 13.1. The van der Waals surface area contributed by atoms with E-state index in [4.69, 9.17) is 0 Å². The van der Waals surface area contributed by atoms with E-state index in [9.17, 15) is 9.59 Å². The predicted molar refractivity (Wildman–Crippen MR) is 95.5 cm³/mol. The molecule has 4 aromatic rings. The zero-order valence-corrected chi connectivity index (χ0v) is 13.9. The number of nitrogens with zero attached hydrogens (tertiary/aromatic N) is 4. The first kappa shape index (κ1) is 14.3. The molecule has 2 N–H and O–H groups in total. The predicted octanol–water partition coefficient (Wildman–Crippen LogP) is 1.66. The molecule has 1 aliphatic rings. The zero-order chi connectivity index (χ0) is 17.1. The quantitative estimate of drug-likeness (QED) is 0.543. The fraction of sp³-hybridized carbons (Fsp3) is 0.125. The van der Waals surface area contributed by atoms with Crippen LogP contribution in [0.25, 0.3) is 27.9 Å². The van der Waals surface area contributed by atoms with Crippen LogP contribution in [0.1, 0.15) is 0 Å². The number of anilines is 1. The molecule has 4 heterocycles. The monoisotopic (exact) mass is 352 g/mol. The molecular formula is C16H12N6O2S. The highest BCUT2D eigenvalue weighted by Gasteiger charge is 2.23. The number of benzene rings is 1. The Balaban J connectivity index is 1.82. The van der Waals surface area contributed by atoms with E-state index in [0.29, 0.717) is 28.3 Å². The number of hydrogen-bond donors (Lipinski definition) is 2. The lowest BCUT2D eigenvalue weighted by molar-refractivity contribution is -0.116. The minimum Gasteiger partial charge on any atom is -0.345 e. The van der Waals surface area contributed by atoms with E-state index in [0.717, 1.165) is 16.0 Å². The van der Waals surface area contributed by atoms with Crippen molar-refractivity contribution < 1.29 is 4.79 Å². The molecule has 0 spiro atoms. The van der Waals surface area contributed by atoms with E-state index < -0.39 is 0 Å². The van der Waals surface area contributed by atoms with Crippen molar-refractivity contribution >= 4 is 45.6 Å². The van der Waals surface area contributed by atoms with Crippen LogP contribution < -0.4 is 10.6 Å². The first-order valence-electron chi connectivity index (χ1n) is 7.62. The first-order chi connectivity index (χ1) is 12.1. The van der Waals surface area contributed by atoms with Gasteiger partial charge in [0.1, 0.15) is 5.52 Å². The van der Waals surface area contributed by atoms with E-state index in [1.165, 1.54) is 11.8 Å². The van der Waals surface area contributed by atoms with E-state index in [1.54, 1.807) is 22.7 Å². The maximum Gasteiger partial charge on any atom is 0.332 e. The number of aromatic nitrogens is 5. The molecular weight excluding hydrogens is 340 g/mol. The third-order valence-corrected chi connectivity index (χ3v) is 5.44. The summed E-state index contributed by atoms with van der Waals surface area (Å²) in [5.74, 6) is 0.468. The number of carbonyl (C=O) groups is 1. The van der Waals surface area contributed by atoms with Crippen LogP contribution in [0.3, 0.4) is 0 Å². The average Bonchev–Trinajstić information content (AvgIpc) is 3.21. The van der Waals surface area contributed by atoms with Crippen molar-refractivity contribution in [1.82, 2.24) is 24.7 Å². The van der Waals surface area contributed by atoms with Gasteiger partial charge in [0, 0.05) is 23.5 Å².